The summed E-state index contributed by atoms with van der Waals surface area (Å²) in [6, 6.07) is 0. The predicted molar refractivity (Wildman–Crippen MR) is 71.5 cm³/mol. The van der Waals surface area contributed by atoms with Crippen molar-refractivity contribution in [1.29, 1.82) is 0 Å². The molecule has 1 heterocycles. The van der Waals surface area contributed by atoms with E-state index in [1.807, 2.05) is 0 Å². The second-order valence-electron chi connectivity index (χ2n) is 4.02. The molecule has 0 aromatic rings. The van der Waals surface area contributed by atoms with E-state index in [1.165, 1.54) is 0 Å². The number of ether oxygens (including phenoxy) is 1. The van der Waals surface area contributed by atoms with Crippen molar-refractivity contribution in [2.75, 3.05) is 52.6 Å². The molecule has 112 valence electrons. The van der Waals surface area contributed by atoms with Crippen LogP contribution >= 0.6 is 7.60 Å². The molecule has 0 unspecified atom stereocenters. The highest BCUT2D eigenvalue weighted by atomic mass is 31.2. The Hall–Kier alpha value is -0.460. The van der Waals surface area contributed by atoms with E-state index in [4.69, 9.17) is 13.8 Å². The van der Waals surface area contributed by atoms with Crippen LogP contribution in [-0.4, -0.2) is 63.2 Å². The highest BCUT2D eigenvalue weighted by Gasteiger charge is 2.33. The van der Waals surface area contributed by atoms with Gasteiger partial charge in [0.15, 0.2) is 0 Å². The number of hydrogen-bond acceptors (Lipinski definition) is 6. The molecule has 8 heteroatoms. The SMILES string of the molecule is CCOP(=O)(OCC)C(=O)NCCN1CCOCC1. The number of carbonyl (C=O) groups excluding carboxylic acids is 1. The molecule has 1 fully saturated rings. The van der Waals surface area contributed by atoms with Crippen LogP contribution in [0.15, 0.2) is 0 Å². The topological polar surface area (TPSA) is 77.1 Å². The van der Waals surface area contributed by atoms with E-state index in [1.54, 1.807) is 13.8 Å². The lowest BCUT2D eigenvalue weighted by molar-refractivity contribution is 0.0388. The zero-order valence-electron chi connectivity index (χ0n) is 11.6. The van der Waals surface area contributed by atoms with Gasteiger partial charge in [0.25, 0.3) is 0 Å². The van der Waals surface area contributed by atoms with Crippen LogP contribution in [0.2, 0.25) is 0 Å². The first-order chi connectivity index (χ1) is 9.12. The fourth-order valence-corrected chi connectivity index (χ4v) is 3.03. The molecule has 0 radical (unpaired) electrons. The van der Waals surface area contributed by atoms with E-state index in [2.05, 4.69) is 10.2 Å². The summed E-state index contributed by atoms with van der Waals surface area (Å²) >= 11 is 0. The van der Waals surface area contributed by atoms with Crippen LogP contribution in [0.3, 0.4) is 0 Å². The van der Waals surface area contributed by atoms with Crippen molar-refractivity contribution in [3.8, 4) is 0 Å². The summed E-state index contributed by atoms with van der Waals surface area (Å²) in [4.78, 5) is 14.0. The molecule has 1 amide bonds. The van der Waals surface area contributed by atoms with Crippen molar-refractivity contribution < 1.29 is 23.1 Å². The third-order valence-electron chi connectivity index (χ3n) is 2.65. The standard InChI is InChI=1S/C11H23N2O5P/c1-3-17-19(15,18-4-2)11(14)12-5-6-13-7-9-16-10-8-13/h3-10H2,1-2H3,(H,12,14). The summed E-state index contributed by atoms with van der Waals surface area (Å²) in [6.07, 6.45) is 0. The summed E-state index contributed by atoms with van der Waals surface area (Å²) < 4.78 is 27.3. The maximum absolute atomic E-state index is 12.1. The van der Waals surface area contributed by atoms with Gasteiger partial charge in [-0.15, -0.1) is 0 Å². The lowest BCUT2D eigenvalue weighted by Crippen LogP contribution is -2.41. The van der Waals surface area contributed by atoms with E-state index in [-0.39, 0.29) is 13.2 Å². The molecule has 0 bridgehead atoms. The second kappa shape index (κ2) is 8.66. The summed E-state index contributed by atoms with van der Waals surface area (Å²) in [5, 5.41) is 2.61. The zero-order chi connectivity index (χ0) is 14.1. The molecule has 1 N–H and O–H groups in total. The molecule has 7 nitrogen and oxygen atoms in total. The van der Waals surface area contributed by atoms with Crippen LogP contribution in [0.25, 0.3) is 0 Å². The third kappa shape index (κ3) is 5.58. The van der Waals surface area contributed by atoms with Crippen molar-refractivity contribution in [2.45, 2.75) is 13.8 Å². The first-order valence-corrected chi connectivity index (χ1v) is 8.14. The zero-order valence-corrected chi connectivity index (χ0v) is 12.5. The Morgan fingerprint density at radius 2 is 1.84 bits per heavy atom. The molecular weight excluding hydrogens is 271 g/mol. The highest BCUT2D eigenvalue weighted by Crippen LogP contribution is 2.48. The van der Waals surface area contributed by atoms with Crippen LogP contribution in [0.5, 0.6) is 0 Å². The highest BCUT2D eigenvalue weighted by molar-refractivity contribution is 7.71. The molecule has 0 atom stereocenters. The quantitative estimate of drug-likeness (QED) is 0.680. The molecule has 19 heavy (non-hydrogen) atoms. The molecule has 1 saturated heterocycles. The summed E-state index contributed by atoms with van der Waals surface area (Å²) in [7, 11) is -3.67. The maximum atomic E-state index is 12.1. The predicted octanol–water partition coefficient (Wildman–Crippen LogP) is 1.29. The van der Waals surface area contributed by atoms with Gasteiger partial charge in [0, 0.05) is 26.2 Å². The largest absolute Gasteiger partial charge is 0.418 e. The molecule has 0 aromatic carbocycles. The first-order valence-electron chi connectivity index (χ1n) is 6.60. The summed E-state index contributed by atoms with van der Waals surface area (Å²) in [5.74, 6) is 0. The van der Waals surface area contributed by atoms with Crippen molar-refractivity contribution in [3.63, 3.8) is 0 Å². The lowest BCUT2D eigenvalue weighted by Gasteiger charge is -2.26. The molecular formula is C11H23N2O5P. The van der Waals surface area contributed by atoms with Crippen molar-refractivity contribution >= 4 is 13.2 Å². The molecule has 0 spiro atoms. The third-order valence-corrected chi connectivity index (χ3v) is 4.51. The van der Waals surface area contributed by atoms with Gasteiger partial charge in [-0.3, -0.25) is 9.69 Å². The number of nitrogens with zero attached hydrogens (tertiary/aromatic N) is 1. The number of rotatable bonds is 8. The van der Waals surface area contributed by atoms with Gasteiger partial charge in [-0.05, 0) is 13.8 Å². The van der Waals surface area contributed by atoms with Crippen molar-refractivity contribution in [1.82, 2.24) is 10.2 Å². The van der Waals surface area contributed by atoms with E-state index in [0.717, 1.165) is 13.1 Å². The number of morpholine rings is 1. The van der Waals surface area contributed by atoms with Gasteiger partial charge in [-0.25, -0.2) is 4.57 Å². The van der Waals surface area contributed by atoms with Crippen LogP contribution < -0.4 is 5.32 Å². The Morgan fingerprint density at radius 3 is 2.37 bits per heavy atom. The van der Waals surface area contributed by atoms with Gasteiger partial charge < -0.3 is 19.1 Å². The average molecular weight is 294 g/mol. The smallest absolute Gasteiger partial charge is 0.379 e. The molecule has 0 aromatic heterocycles. The Balaban J connectivity index is 2.33. The molecule has 1 aliphatic rings. The number of amides is 1. The minimum Gasteiger partial charge on any atom is -0.379 e. The van der Waals surface area contributed by atoms with E-state index in [0.29, 0.717) is 26.3 Å². The lowest BCUT2D eigenvalue weighted by atomic mass is 10.4. The monoisotopic (exact) mass is 294 g/mol. The van der Waals surface area contributed by atoms with E-state index < -0.39 is 13.2 Å². The Labute approximate surface area is 114 Å². The Morgan fingerprint density at radius 1 is 1.26 bits per heavy atom. The van der Waals surface area contributed by atoms with Gasteiger partial charge in [-0.1, -0.05) is 0 Å². The normalized spacial score (nSPS) is 17.4. The van der Waals surface area contributed by atoms with Gasteiger partial charge in [-0.2, -0.15) is 0 Å². The van der Waals surface area contributed by atoms with E-state index >= 15 is 0 Å². The second-order valence-corrected chi connectivity index (χ2v) is 5.94. The fraction of sp³-hybridized carbons (Fsp3) is 0.909. The number of carbonyl (C=O) groups is 1. The van der Waals surface area contributed by atoms with Gasteiger partial charge in [0.2, 0.25) is 0 Å². The average Bonchev–Trinajstić information content (AvgIpc) is 2.40. The van der Waals surface area contributed by atoms with E-state index in [9.17, 15) is 9.36 Å². The molecule has 0 saturated carbocycles. The van der Waals surface area contributed by atoms with Crippen LogP contribution in [0, 0.1) is 0 Å². The Kier molecular flexibility index (Phi) is 7.56. The van der Waals surface area contributed by atoms with Crippen LogP contribution in [0.1, 0.15) is 13.8 Å². The maximum Gasteiger partial charge on any atom is 0.418 e. The minimum atomic E-state index is -3.67. The summed E-state index contributed by atoms with van der Waals surface area (Å²) in [6.45, 7) is 7.95. The van der Waals surface area contributed by atoms with Gasteiger partial charge >= 0.3 is 13.2 Å². The van der Waals surface area contributed by atoms with Crippen molar-refractivity contribution in [3.05, 3.63) is 0 Å². The summed E-state index contributed by atoms with van der Waals surface area (Å²) in [5.41, 5.74) is -0.663. The van der Waals surface area contributed by atoms with Gasteiger partial charge in [0.05, 0.1) is 26.4 Å². The van der Waals surface area contributed by atoms with Gasteiger partial charge in [0.1, 0.15) is 0 Å². The van der Waals surface area contributed by atoms with Crippen LogP contribution in [0.4, 0.5) is 4.79 Å². The minimum absolute atomic E-state index is 0.175. The Bertz CT molecular complexity index is 310. The molecule has 1 aliphatic heterocycles. The molecule has 1 rings (SSSR count). The molecule has 0 aliphatic carbocycles. The van der Waals surface area contributed by atoms with Crippen molar-refractivity contribution in [2.24, 2.45) is 0 Å². The fourth-order valence-electron chi connectivity index (χ4n) is 1.74. The van der Waals surface area contributed by atoms with Crippen LogP contribution in [-0.2, 0) is 18.3 Å². The first kappa shape index (κ1) is 16.6. The number of nitrogens with one attached hydrogen (secondary N) is 1. The number of hydrogen-bond donors (Lipinski definition) is 1.